The van der Waals surface area contributed by atoms with E-state index in [9.17, 15) is 18.0 Å². The highest BCUT2D eigenvalue weighted by Crippen LogP contribution is 2.29. The molecule has 1 saturated carbocycles. The summed E-state index contributed by atoms with van der Waals surface area (Å²) < 4.78 is 36.0. The van der Waals surface area contributed by atoms with E-state index in [0.29, 0.717) is 17.2 Å². The molecule has 10 heteroatoms. The first-order valence-electron chi connectivity index (χ1n) is 15.5. The standard InChI is InChI=1S/C36H38BrN3O5S/c1-27(36(42)38-30-11-5-2-6-12-30)39(25-28-17-19-29(37)20-18-28)35(41)26-40(46(43,44)34-15-9-4-10-16-34)31-21-23-33(24-22-31)45-32-13-7-3-8-14-32/h3-4,7-10,13-24,27,30H,2,5-6,11-12,25-26H2,1H3,(H,38,42). The largest absolute Gasteiger partial charge is 0.457 e. The van der Waals surface area contributed by atoms with Crippen LogP contribution < -0.4 is 14.4 Å². The van der Waals surface area contributed by atoms with Gasteiger partial charge in [-0.05, 0) is 86.0 Å². The Morgan fingerprint density at radius 3 is 2.04 bits per heavy atom. The first kappa shape index (κ1) is 33.2. The molecule has 1 atom stereocenters. The Labute approximate surface area is 279 Å². The lowest BCUT2D eigenvalue weighted by Crippen LogP contribution is -2.53. The Morgan fingerprint density at radius 1 is 0.826 bits per heavy atom. The lowest BCUT2D eigenvalue weighted by Gasteiger charge is -2.33. The fraction of sp³-hybridized carbons (Fsp3) is 0.278. The number of hydrogen-bond donors (Lipinski definition) is 1. The van der Waals surface area contributed by atoms with Crippen molar-refractivity contribution in [3.63, 3.8) is 0 Å². The summed E-state index contributed by atoms with van der Waals surface area (Å²) in [5, 5.41) is 3.13. The minimum Gasteiger partial charge on any atom is -0.457 e. The number of benzene rings is 4. The SMILES string of the molecule is CC(C(=O)NC1CCCCC1)N(Cc1ccc(Br)cc1)C(=O)CN(c1ccc(Oc2ccccc2)cc1)S(=O)(=O)c1ccccc1. The number of sulfonamides is 1. The van der Waals surface area contributed by atoms with E-state index in [-0.39, 0.29) is 23.4 Å². The number of nitrogens with one attached hydrogen (secondary N) is 1. The fourth-order valence-electron chi connectivity index (χ4n) is 5.49. The Morgan fingerprint density at radius 2 is 1.41 bits per heavy atom. The van der Waals surface area contributed by atoms with Gasteiger partial charge in [-0.3, -0.25) is 13.9 Å². The van der Waals surface area contributed by atoms with Gasteiger partial charge in [-0.15, -0.1) is 0 Å². The van der Waals surface area contributed by atoms with Crippen molar-refractivity contribution in [1.82, 2.24) is 10.2 Å². The van der Waals surface area contributed by atoms with E-state index in [0.717, 1.165) is 46.4 Å². The average Bonchev–Trinajstić information content (AvgIpc) is 3.08. The summed E-state index contributed by atoms with van der Waals surface area (Å²) in [6.07, 6.45) is 5.09. The summed E-state index contributed by atoms with van der Waals surface area (Å²) in [7, 11) is -4.16. The molecule has 1 unspecified atom stereocenters. The second kappa shape index (κ2) is 15.4. The van der Waals surface area contributed by atoms with Crippen LogP contribution >= 0.6 is 15.9 Å². The molecular weight excluding hydrogens is 666 g/mol. The highest BCUT2D eigenvalue weighted by atomic mass is 79.9. The minimum atomic E-state index is -4.16. The molecule has 46 heavy (non-hydrogen) atoms. The van der Waals surface area contributed by atoms with Crippen LogP contribution in [0.1, 0.15) is 44.6 Å². The van der Waals surface area contributed by atoms with E-state index in [1.54, 1.807) is 49.4 Å². The fourth-order valence-corrected chi connectivity index (χ4v) is 7.19. The van der Waals surface area contributed by atoms with Crippen LogP contribution in [-0.4, -0.2) is 43.8 Å². The molecule has 4 aromatic rings. The average molecular weight is 705 g/mol. The molecule has 1 fully saturated rings. The van der Waals surface area contributed by atoms with Gasteiger partial charge in [0.25, 0.3) is 10.0 Å². The zero-order valence-corrected chi connectivity index (χ0v) is 28.1. The molecule has 8 nitrogen and oxygen atoms in total. The van der Waals surface area contributed by atoms with Gasteiger partial charge in [-0.2, -0.15) is 0 Å². The normalized spacial score (nSPS) is 14.2. The van der Waals surface area contributed by atoms with Crippen molar-refractivity contribution >= 4 is 43.5 Å². The first-order valence-corrected chi connectivity index (χ1v) is 17.7. The maximum absolute atomic E-state index is 14.2. The minimum absolute atomic E-state index is 0.0509. The summed E-state index contributed by atoms with van der Waals surface area (Å²) >= 11 is 3.45. The smallest absolute Gasteiger partial charge is 0.264 e. The predicted molar refractivity (Wildman–Crippen MR) is 183 cm³/mol. The van der Waals surface area contributed by atoms with Crippen LogP contribution in [-0.2, 0) is 26.2 Å². The zero-order valence-electron chi connectivity index (χ0n) is 25.7. The number of carbonyl (C=O) groups excluding carboxylic acids is 2. The summed E-state index contributed by atoms with van der Waals surface area (Å²) in [4.78, 5) is 29.2. The predicted octanol–water partition coefficient (Wildman–Crippen LogP) is 7.30. The molecule has 0 aromatic heterocycles. The monoisotopic (exact) mass is 703 g/mol. The van der Waals surface area contributed by atoms with Gasteiger partial charge in [0.05, 0.1) is 10.6 Å². The molecular formula is C36H38BrN3O5S. The second-order valence-corrected chi connectivity index (χ2v) is 14.2. The number of hydrogen-bond acceptors (Lipinski definition) is 5. The van der Waals surface area contributed by atoms with Gasteiger partial charge in [0.15, 0.2) is 0 Å². The molecule has 0 radical (unpaired) electrons. The Kier molecular flexibility index (Phi) is 11.1. The topological polar surface area (TPSA) is 96.0 Å². The number of carbonyl (C=O) groups is 2. The van der Waals surface area contributed by atoms with Gasteiger partial charge >= 0.3 is 0 Å². The lowest BCUT2D eigenvalue weighted by molar-refractivity contribution is -0.139. The molecule has 1 N–H and O–H groups in total. The summed E-state index contributed by atoms with van der Waals surface area (Å²) in [6.45, 7) is 1.32. The number of ether oxygens (including phenoxy) is 1. The van der Waals surface area contributed by atoms with Crippen molar-refractivity contribution < 1.29 is 22.7 Å². The van der Waals surface area contributed by atoms with Gasteiger partial charge in [0.1, 0.15) is 24.1 Å². The van der Waals surface area contributed by atoms with Gasteiger partial charge in [-0.25, -0.2) is 8.42 Å². The van der Waals surface area contributed by atoms with Gasteiger partial charge < -0.3 is 15.0 Å². The summed E-state index contributed by atoms with van der Waals surface area (Å²) in [5.74, 6) is 0.405. The van der Waals surface area contributed by atoms with Crippen LogP contribution in [0.5, 0.6) is 11.5 Å². The third kappa shape index (κ3) is 8.55. The van der Waals surface area contributed by atoms with E-state index in [1.165, 1.54) is 17.0 Å². The van der Waals surface area contributed by atoms with Crippen LogP contribution in [0.3, 0.4) is 0 Å². The van der Waals surface area contributed by atoms with Crippen molar-refractivity contribution in [3.8, 4) is 11.5 Å². The summed E-state index contributed by atoms with van der Waals surface area (Å²) in [6, 6.07) is 30.6. The Bertz CT molecular complexity index is 1700. The van der Waals surface area contributed by atoms with Crippen LogP contribution in [0.25, 0.3) is 0 Å². The van der Waals surface area contributed by atoms with Crippen molar-refractivity contribution in [1.29, 1.82) is 0 Å². The van der Waals surface area contributed by atoms with Crippen molar-refractivity contribution in [3.05, 3.63) is 119 Å². The van der Waals surface area contributed by atoms with Gasteiger partial charge in [0, 0.05) is 17.1 Å². The molecule has 2 amide bonds. The Balaban J connectivity index is 1.45. The number of para-hydroxylation sites is 1. The second-order valence-electron chi connectivity index (χ2n) is 11.4. The van der Waals surface area contributed by atoms with E-state index in [1.807, 2.05) is 54.6 Å². The molecule has 0 bridgehead atoms. The van der Waals surface area contributed by atoms with E-state index in [4.69, 9.17) is 4.74 Å². The van der Waals surface area contributed by atoms with Crippen molar-refractivity contribution in [2.75, 3.05) is 10.8 Å². The Hall–Kier alpha value is -4.15. The third-order valence-electron chi connectivity index (χ3n) is 8.10. The molecule has 5 rings (SSSR count). The zero-order chi connectivity index (χ0) is 32.5. The number of anilines is 1. The maximum Gasteiger partial charge on any atom is 0.264 e. The highest BCUT2D eigenvalue weighted by molar-refractivity contribution is 9.10. The number of nitrogens with zero attached hydrogens (tertiary/aromatic N) is 2. The van der Waals surface area contributed by atoms with E-state index in [2.05, 4.69) is 21.2 Å². The third-order valence-corrected chi connectivity index (χ3v) is 10.4. The molecule has 0 spiro atoms. The molecule has 0 heterocycles. The van der Waals surface area contributed by atoms with Crippen LogP contribution in [0.15, 0.2) is 119 Å². The molecule has 240 valence electrons. The molecule has 4 aromatic carbocycles. The number of halogens is 1. The number of rotatable bonds is 12. The van der Waals surface area contributed by atoms with Crippen LogP contribution in [0.4, 0.5) is 5.69 Å². The molecule has 0 saturated heterocycles. The quantitative estimate of drug-likeness (QED) is 0.167. The highest BCUT2D eigenvalue weighted by Gasteiger charge is 2.33. The summed E-state index contributed by atoms with van der Waals surface area (Å²) in [5.41, 5.74) is 1.11. The lowest BCUT2D eigenvalue weighted by atomic mass is 9.95. The number of amides is 2. The molecule has 1 aliphatic rings. The van der Waals surface area contributed by atoms with Gasteiger partial charge in [0.2, 0.25) is 11.8 Å². The van der Waals surface area contributed by atoms with E-state index >= 15 is 0 Å². The first-order chi connectivity index (χ1) is 22.2. The maximum atomic E-state index is 14.2. The van der Waals surface area contributed by atoms with Crippen molar-refractivity contribution in [2.24, 2.45) is 0 Å². The van der Waals surface area contributed by atoms with Gasteiger partial charge in [-0.1, -0.05) is 83.7 Å². The molecule has 1 aliphatic carbocycles. The molecule has 0 aliphatic heterocycles. The van der Waals surface area contributed by atoms with Crippen LogP contribution in [0, 0.1) is 0 Å². The van der Waals surface area contributed by atoms with Crippen molar-refractivity contribution in [2.45, 2.75) is 62.6 Å². The van der Waals surface area contributed by atoms with E-state index < -0.39 is 28.5 Å². The van der Waals surface area contributed by atoms with Crippen LogP contribution in [0.2, 0.25) is 0 Å².